The Morgan fingerprint density at radius 3 is 2.85 bits per heavy atom. The third-order valence-corrected chi connectivity index (χ3v) is 1.84. The van der Waals surface area contributed by atoms with Gasteiger partial charge in [-0.25, -0.2) is 0 Å². The van der Waals surface area contributed by atoms with Gasteiger partial charge < -0.3 is 11.1 Å². The molecule has 0 bridgehead atoms. The van der Waals surface area contributed by atoms with E-state index < -0.39 is 0 Å². The van der Waals surface area contributed by atoms with Gasteiger partial charge in [0.15, 0.2) is 0 Å². The summed E-state index contributed by atoms with van der Waals surface area (Å²) < 4.78 is 0. The monoisotopic (exact) mass is 180 g/mol. The fourth-order valence-corrected chi connectivity index (χ4v) is 1.11. The first-order chi connectivity index (χ1) is 6.24. The number of nitrogens with two attached hydrogens (primary N) is 1. The van der Waals surface area contributed by atoms with Crippen molar-refractivity contribution < 1.29 is 0 Å². The number of nitrogens with one attached hydrogen (secondary N) is 1. The number of aryl methyl sites for hydroxylation is 2. The molecule has 1 rings (SSSR count). The van der Waals surface area contributed by atoms with Crippen molar-refractivity contribution in [3.8, 4) is 0 Å². The predicted octanol–water partition coefficient (Wildman–Crippen LogP) is 0.142. The van der Waals surface area contributed by atoms with Crippen molar-refractivity contribution in [1.82, 2.24) is 15.5 Å². The fourth-order valence-electron chi connectivity index (χ4n) is 1.11. The molecule has 1 aromatic rings. The maximum Gasteiger partial charge on any atom is 0.0645 e. The molecule has 3 N–H and O–H groups in total. The summed E-state index contributed by atoms with van der Waals surface area (Å²) in [6.45, 7) is 6.22. The molecular weight excluding hydrogens is 164 g/mol. The molecule has 0 spiro atoms. The van der Waals surface area contributed by atoms with Gasteiger partial charge in [0, 0.05) is 19.6 Å². The lowest BCUT2D eigenvalue weighted by atomic mass is 10.2. The predicted molar refractivity (Wildman–Crippen MR) is 52.3 cm³/mol. The molecule has 1 aromatic heterocycles. The van der Waals surface area contributed by atoms with E-state index in [-0.39, 0.29) is 0 Å². The number of hydrogen-bond donors (Lipinski definition) is 2. The number of rotatable bonds is 4. The summed E-state index contributed by atoms with van der Waals surface area (Å²) in [5.74, 6) is 0. The molecule has 0 saturated carbocycles. The molecule has 0 atom stereocenters. The molecule has 0 aliphatic heterocycles. The first-order valence-corrected chi connectivity index (χ1v) is 4.44. The quantitative estimate of drug-likeness (QED) is 0.647. The summed E-state index contributed by atoms with van der Waals surface area (Å²) in [7, 11) is 0. The van der Waals surface area contributed by atoms with Crippen molar-refractivity contribution in [2.75, 3.05) is 13.1 Å². The van der Waals surface area contributed by atoms with E-state index in [0.717, 1.165) is 24.5 Å². The standard InChI is InChI=1S/C9H16N4/c1-7-5-9(6-11-4-3-10)8(2)13-12-7/h5,11H,3-4,6,10H2,1-2H3. The van der Waals surface area contributed by atoms with E-state index in [9.17, 15) is 0 Å². The summed E-state index contributed by atoms with van der Waals surface area (Å²) in [4.78, 5) is 0. The second-order valence-electron chi connectivity index (χ2n) is 3.06. The van der Waals surface area contributed by atoms with Gasteiger partial charge in [-0.15, -0.1) is 0 Å². The molecule has 0 aromatic carbocycles. The number of nitrogens with zero attached hydrogens (tertiary/aromatic N) is 2. The molecule has 0 aliphatic carbocycles. The number of aromatic nitrogens is 2. The first-order valence-electron chi connectivity index (χ1n) is 4.44. The van der Waals surface area contributed by atoms with Crippen molar-refractivity contribution in [2.45, 2.75) is 20.4 Å². The highest BCUT2D eigenvalue weighted by Gasteiger charge is 1.99. The number of hydrogen-bond acceptors (Lipinski definition) is 4. The van der Waals surface area contributed by atoms with Gasteiger partial charge in [0.1, 0.15) is 0 Å². The first kappa shape index (κ1) is 10.1. The van der Waals surface area contributed by atoms with Crippen LogP contribution in [0.25, 0.3) is 0 Å². The van der Waals surface area contributed by atoms with Crippen LogP contribution in [0.5, 0.6) is 0 Å². The SMILES string of the molecule is Cc1cc(CNCCN)c(C)nn1. The molecule has 0 saturated heterocycles. The van der Waals surface area contributed by atoms with E-state index in [1.807, 2.05) is 19.9 Å². The van der Waals surface area contributed by atoms with Crippen LogP contribution in [-0.2, 0) is 6.54 Å². The lowest BCUT2D eigenvalue weighted by molar-refractivity contribution is 0.685. The van der Waals surface area contributed by atoms with Crippen LogP contribution in [0.1, 0.15) is 17.0 Å². The van der Waals surface area contributed by atoms with Crippen LogP contribution in [0.2, 0.25) is 0 Å². The van der Waals surface area contributed by atoms with Gasteiger partial charge >= 0.3 is 0 Å². The molecule has 4 nitrogen and oxygen atoms in total. The highest BCUT2D eigenvalue weighted by molar-refractivity contribution is 5.19. The maximum absolute atomic E-state index is 5.37. The van der Waals surface area contributed by atoms with Gasteiger partial charge in [0.2, 0.25) is 0 Å². The Bertz CT molecular complexity index is 272. The highest BCUT2D eigenvalue weighted by atomic mass is 15.1. The van der Waals surface area contributed by atoms with Crippen LogP contribution in [0, 0.1) is 13.8 Å². The third kappa shape index (κ3) is 3.08. The molecule has 1 heterocycles. The van der Waals surface area contributed by atoms with Gasteiger partial charge in [-0.05, 0) is 25.5 Å². The zero-order chi connectivity index (χ0) is 9.68. The maximum atomic E-state index is 5.37. The van der Waals surface area contributed by atoms with E-state index in [1.165, 1.54) is 5.56 Å². The Kier molecular flexibility index (Phi) is 3.79. The Morgan fingerprint density at radius 1 is 1.38 bits per heavy atom. The summed E-state index contributed by atoms with van der Waals surface area (Å²) >= 11 is 0. The topological polar surface area (TPSA) is 63.8 Å². The smallest absolute Gasteiger partial charge is 0.0645 e. The minimum Gasteiger partial charge on any atom is -0.329 e. The lowest BCUT2D eigenvalue weighted by Gasteiger charge is -2.05. The van der Waals surface area contributed by atoms with Crippen molar-refractivity contribution in [3.05, 3.63) is 23.0 Å². The van der Waals surface area contributed by atoms with Crippen LogP contribution in [0.3, 0.4) is 0 Å². The van der Waals surface area contributed by atoms with Crippen molar-refractivity contribution in [1.29, 1.82) is 0 Å². The van der Waals surface area contributed by atoms with Crippen molar-refractivity contribution in [3.63, 3.8) is 0 Å². The normalized spacial score (nSPS) is 10.4. The minimum absolute atomic E-state index is 0.663. The minimum atomic E-state index is 0.663. The average molecular weight is 180 g/mol. The van der Waals surface area contributed by atoms with Gasteiger partial charge in [-0.2, -0.15) is 10.2 Å². The second kappa shape index (κ2) is 4.89. The van der Waals surface area contributed by atoms with Crippen molar-refractivity contribution in [2.24, 2.45) is 5.73 Å². The summed E-state index contributed by atoms with van der Waals surface area (Å²) in [6, 6.07) is 2.05. The van der Waals surface area contributed by atoms with E-state index in [4.69, 9.17) is 5.73 Å². The van der Waals surface area contributed by atoms with E-state index in [2.05, 4.69) is 15.5 Å². The Hall–Kier alpha value is -1.00. The third-order valence-electron chi connectivity index (χ3n) is 1.84. The Balaban J connectivity index is 2.59. The van der Waals surface area contributed by atoms with Crippen LogP contribution in [0.4, 0.5) is 0 Å². The molecule has 13 heavy (non-hydrogen) atoms. The van der Waals surface area contributed by atoms with Gasteiger partial charge in [0.05, 0.1) is 11.4 Å². The molecule has 0 radical (unpaired) electrons. The van der Waals surface area contributed by atoms with E-state index in [0.29, 0.717) is 6.54 Å². The summed E-state index contributed by atoms with van der Waals surface area (Å²) in [5, 5.41) is 11.2. The molecule has 0 aliphatic rings. The van der Waals surface area contributed by atoms with Crippen LogP contribution < -0.4 is 11.1 Å². The molecule has 0 fully saturated rings. The Labute approximate surface area is 78.6 Å². The summed E-state index contributed by atoms with van der Waals surface area (Å²) in [6.07, 6.45) is 0. The average Bonchev–Trinajstić information content (AvgIpc) is 2.11. The van der Waals surface area contributed by atoms with Gasteiger partial charge in [-0.1, -0.05) is 0 Å². The second-order valence-corrected chi connectivity index (χ2v) is 3.06. The molecule has 0 amide bonds. The zero-order valence-electron chi connectivity index (χ0n) is 8.17. The van der Waals surface area contributed by atoms with Crippen LogP contribution in [-0.4, -0.2) is 23.3 Å². The molecule has 0 unspecified atom stereocenters. The van der Waals surface area contributed by atoms with E-state index >= 15 is 0 Å². The fraction of sp³-hybridized carbons (Fsp3) is 0.556. The lowest BCUT2D eigenvalue weighted by Crippen LogP contribution is -2.22. The van der Waals surface area contributed by atoms with Gasteiger partial charge in [0.25, 0.3) is 0 Å². The summed E-state index contributed by atoms with van der Waals surface area (Å²) in [5.41, 5.74) is 8.50. The van der Waals surface area contributed by atoms with Crippen LogP contribution in [0.15, 0.2) is 6.07 Å². The van der Waals surface area contributed by atoms with Gasteiger partial charge in [-0.3, -0.25) is 0 Å². The molecular formula is C9H16N4. The highest BCUT2D eigenvalue weighted by Crippen LogP contribution is 2.03. The Morgan fingerprint density at radius 2 is 2.15 bits per heavy atom. The molecule has 72 valence electrons. The zero-order valence-corrected chi connectivity index (χ0v) is 8.17. The molecule has 4 heteroatoms. The van der Waals surface area contributed by atoms with Crippen LogP contribution >= 0.6 is 0 Å². The van der Waals surface area contributed by atoms with Crippen molar-refractivity contribution >= 4 is 0 Å². The largest absolute Gasteiger partial charge is 0.329 e. The van der Waals surface area contributed by atoms with E-state index in [1.54, 1.807) is 0 Å².